The Hall–Kier alpha value is -2.31. The molecule has 120 valence electrons. The predicted octanol–water partition coefficient (Wildman–Crippen LogP) is 3.71. The zero-order chi connectivity index (χ0) is 16.4. The second-order valence-electron chi connectivity index (χ2n) is 5.63. The van der Waals surface area contributed by atoms with E-state index in [1.807, 2.05) is 42.9 Å². The number of pyridine rings is 2. The molecule has 1 N–H and O–H groups in total. The van der Waals surface area contributed by atoms with Gasteiger partial charge in [-0.3, -0.25) is 9.97 Å². The molecule has 1 aliphatic heterocycles. The molecular formula is C18H16N4S2. The van der Waals surface area contributed by atoms with Gasteiger partial charge in [0.2, 0.25) is 0 Å². The van der Waals surface area contributed by atoms with Crippen molar-refractivity contribution >= 4 is 28.7 Å². The minimum atomic E-state index is 0.0548. The van der Waals surface area contributed by atoms with Crippen molar-refractivity contribution in [2.75, 3.05) is 0 Å². The number of hydrogen-bond acceptors (Lipinski definition) is 4. The summed E-state index contributed by atoms with van der Waals surface area (Å²) in [5.41, 5.74) is 2.20. The predicted molar refractivity (Wildman–Crippen MR) is 99.6 cm³/mol. The monoisotopic (exact) mass is 352 g/mol. The molecule has 0 radical (unpaired) electrons. The maximum Gasteiger partial charge on any atom is 0.170 e. The van der Waals surface area contributed by atoms with E-state index < -0.39 is 0 Å². The minimum Gasteiger partial charge on any atom is -0.352 e. The lowest BCUT2D eigenvalue weighted by molar-refractivity contribution is 0.315. The summed E-state index contributed by atoms with van der Waals surface area (Å²) in [6, 6.07) is 14.5. The summed E-state index contributed by atoms with van der Waals surface area (Å²) in [4.78, 5) is 12.2. The second-order valence-corrected chi connectivity index (χ2v) is 6.99. The van der Waals surface area contributed by atoms with Crippen LogP contribution >= 0.6 is 23.6 Å². The molecule has 3 aromatic heterocycles. The molecule has 0 saturated carbocycles. The lowest BCUT2D eigenvalue weighted by Crippen LogP contribution is -2.28. The Bertz CT molecular complexity index is 806. The molecular weight excluding hydrogens is 336 g/mol. The summed E-state index contributed by atoms with van der Waals surface area (Å²) >= 11 is 7.40. The summed E-state index contributed by atoms with van der Waals surface area (Å²) in [7, 11) is 0. The Balaban J connectivity index is 1.71. The highest BCUT2D eigenvalue weighted by molar-refractivity contribution is 7.80. The van der Waals surface area contributed by atoms with Crippen molar-refractivity contribution in [2.45, 2.75) is 18.6 Å². The van der Waals surface area contributed by atoms with Crippen LogP contribution in [-0.2, 0) is 6.54 Å². The standard InChI is InChI=1S/C18H16N4S2/c23-18-21-16(14-4-1-2-8-20-14)17(15-5-3-11-24-15)22(18)12-13-6-9-19-10-7-13/h1-11,16-17H,12H2,(H,21,23)/t16-,17+/m0/s1. The average Bonchev–Trinajstić information content (AvgIpc) is 3.25. The minimum absolute atomic E-state index is 0.0548. The fourth-order valence-corrected chi connectivity index (χ4v) is 4.21. The van der Waals surface area contributed by atoms with E-state index in [9.17, 15) is 0 Å². The van der Waals surface area contributed by atoms with Crippen LogP contribution in [0.5, 0.6) is 0 Å². The molecule has 2 atom stereocenters. The molecule has 0 bridgehead atoms. The zero-order valence-electron chi connectivity index (χ0n) is 12.9. The van der Waals surface area contributed by atoms with Crippen LogP contribution in [0.25, 0.3) is 0 Å². The lowest BCUT2D eigenvalue weighted by Gasteiger charge is -2.26. The number of hydrogen-bond donors (Lipinski definition) is 1. The first-order chi connectivity index (χ1) is 11.8. The first-order valence-corrected chi connectivity index (χ1v) is 9.02. The summed E-state index contributed by atoms with van der Waals surface area (Å²) in [5.74, 6) is 0. The quantitative estimate of drug-likeness (QED) is 0.725. The summed E-state index contributed by atoms with van der Waals surface area (Å²) in [6.45, 7) is 0.750. The molecule has 0 amide bonds. The molecule has 24 heavy (non-hydrogen) atoms. The number of thiocarbonyl (C=S) groups is 1. The van der Waals surface area contributed by atoms with Gasteiger partial charge in [-0.2, -0.15) is 0 Å². The fourth-order valence-electron chi connectivity index (χ4n) is 3.03. The SMILES string of the molecule is S=C1N[C@@H](c2ccccn2)[C@@H](c2cccs2)N1Cc1ccncc1. The third-order valence-electron chi connectivity index (χ3n) is 4.13. The molecule has 0 spiro atoms. The Labute approximate surface area is 150 Å². The summed E-state index contributed by atoms with van der Waals surface area (Å²) < 4.78 is 0. The van der Waals surface area contributed by atoms with E-state index >= 15 is 0 Å². The molecule has 4 nitrogen and oxygen atoms in total. The van der Waals surface area contributed by atoms with Crippen LogP contribution in [0.4, 0.5) is 0 Å². The highest BCUT2D eigenvalue weighted by Crippen LogP contribution is 2.40. The van der Waals surface area contributed by atoms with Crippen LogP contribution in [0.2, 0.25) is 0 Å². The van der Waals surface area contributed by atoms with E-state index in [2.05, 4.69) is 43.8 Å². The van der Waals surface area contributed by atoms with Gasteiger partial charge in [0.15, 0.2) is 5.11 Å². The molecule has 4 rings (SSSR count). The maximum absolute atomic E-state index is 5.64. The van der Waals surface area contributed by atoms with Gasteiger partial charge in [-0.25, -0.2) is 0 Å². The smallest absolute Gasteiger partial charge is 0.170 e. The van der Waals surface area contributed by atoms with Crippen LogP contribution in [-0.4, -0.2) is 20.0 Å². The van der Waals surface area contributed by atoms with Gasteiger partial charge in [0, 0.05) is 30.0 Å². The zero-order valence-corrected chi connectivity index (χ0v) is 14.5. The van der Waals surface area contributed by atoms with Crippen molar-refractivity contribution in [1.29, 1.82) is 0 Å². The molecule has 4 heterocycles. The number of nitrogens with zero attached hydrogens (tertiary/aromatic N) is 3. The van der Waals surface area contributed by atoms with Crippen molar-refractivity contribution in [2.24, 2.45) is 0 Å². The second kappa shape index (κ2) is 6.67. The first kappa shape index (κ1) is 15.2. The highest BCUT2D eigenvalue weighted by Gasteiger charge is 2.40. The van der Waals surface area contributed by atoms with E-state index in [0.29, 0.717) is 0 Å². The van der Waals surface area contributed by atoms with Crippen molar-refractivity contribution < 1.29 is 0 Å². The molecule has 3 aromatic rings. The van der Waals surface area contributed by atoms with Crippen molar-refractivity contribution in [3.63, 3.8) is 0 Å². The summed E-state index contributed by atoms with van der Waals surface area (Å²) in [6.07, 6.45) is 5.47. The van der Waals surface area contributed by atoms with E-state index in [1.165, 1.54) is 10.4 Å². The van der Waals surface area contributed by atoms with Gasteiger partial charge in [0.1, 0.15) is 0 Å². The van der Waals surface area contributed by atoms with Gasteiger partial charge < -0.3 is 10.2 Å². The van der Waals surface area contributed by atoms with E-state index in [4.69, 9.17) is 12.2 Å². The largest absolute Gasteiger partial charge is 0.352 e. The van der Waals surface area contributed by atoms with Crippen LogP contribution in [0.3, 0.4) is 0 Å². The lowest BCUT2D eigenvalue weighted by atomic mass is 10.0. The maximum atomic E-state index is 5.64. The number of aromatic nitrogens is 2. The Kier molecular flexibility index (Phi) is 4.23. The molecule has 1 aliphatic rings. The Morgan fingerprint density at radius 3 is 2.67 bits per heavy atom. The summed E-state index contributed by atoms with van der Waals surface area (Å²) in [5, 5.41) is 6.34. The average molecular weight is 352 g/mol. The molecule has 1 saturated heterocycles. The third-order valence-corrected chi connectivity index (χ3v) is 5.43. The van der Waals surface area contributed by atoms with Gasteiger partial charge in [0.25, 0.3) is 0 Å². The van der Waals surface area contributed by atoms with Crippen LogP contribution in [0, 0.1) is 0 Å². The molecule has 0 aliphatic carbocycles. The highest BCUT2D eigenvalue weighted by atomic mass is 32.1. The Morgan fingerprint density at radius 1 is 1.08 bits per heavy atom. The number of thiophene rings is 1. The van der Waals surface area contributed by atoms with Crippen molar-refractivity contribution in [3.8, 4) is 0 Å². The normalized spacial score (nSPS) is 20.2. The van der Waals surface area contributed by atoms with Gasteiger partial charge in [-0.15, -0.1) is 11.3 Å². The molecule has 0 unspecified atom stereocenters. The van der Waals surface area contributed by atoms with Crippen molar-refractivity contribution in [3.05, 3.63) is 82.6 Å². The topological polar surface area (TPSA) is 41.1 Å². The molecule has 0 aromatic carbocycles. The number of rotatable bonds is 4. The van der Waals surface area contributed by atoms with Crippen LogP contribution in [0.1, 0.15) is 28.2 Å². The molecule has 1 fully saturated rings. The molecule has 6 heteroatoms. The first-order valence-electron chi connectivity index (χ1n) is 7.73. The van der Waals surface area contributed by atoms with Crippen molar-refractivity contribution in [1.82, 2.24) is 20.2 Å². The number of nitrogens with one attached hydrogen (secondary N) is 1. The van der Waals surface area contributed by atoms with Crippen LogP contribution < -0.4 is 5.32 Å². The Morgan fingerprint density at radius 2 is 1.96 bits per heavy atom. The van der Waals surface area contributed by atoms with Gasteiger partial charge >= 0.3 is 0 Å². The van der Waals surface area contributed by atoms with Gasteiger partial charge in [-0.05, 0) is 53.5 Å². The third kappa shape index (κ3) is 2.90. The van der Waals surface area contributed by atoms with Crippen LogP contribution in [0.15, 0.2) is 66.4 Å². The fraction of sp³-hybridized carbons (Fsp3) is 0.167. The van der Waals surface area contributed by atoms with Gasteiger partial charge in [0.05, 0.1) is 17.8 Å². The van der Waals surface area contributed by atoms with E-state index in [1.54, 1.807) is 11.3 Å². The van der Waals surface area contributed by atoms with E-state index in [0.717, 1.165) is 17.4 Å². The van der Waals surface area contributed by atoms with Gasteiger partial charge in [-0.1, -0.05) is 12.1 Å². The van der Waals surface area contributed by atoms with E-state index in [-0.39, 0.29) is 12.1 Å².